The normalized spacial score (nSPS) is 12.5. The van der Waals surface area contributed by atoms with Gasteiger partial charge in [-0.3, -0.25) is 4.79 Å². The Morgan fingerprint density at radius 1 is 1.64 bits per heavy atom. The summed E-state index contributed by atoms with van der Waals surface area (Å²) in [5, 5.41) is 3.82. The molecule has 1 atom stereocenters. The fourth-order valence-electron chi connectivity index (χ4n) is 0.965. The maximum Gasteiger partial charge on any atom is 0.261 e. The zero-order chi connectivity index (χ0) is 10.6. The van der Waals surface area contributed by atoms with Crippen LogP contribution in [0.2, 0.25) is 0 Å². The van der Waals surface area contributed by atoms with Crippen molar-refractivity contribution in [3.63, 3.8) is 0 Å². The number of carbonyl (C=O) groups is 1. The van der Waals surface area contributed by atoms with Gasteiger partial charge in [-0.05, 0) is 25.0 Å². The lowest BCUT2D eigenvalue weighted by molar-refractivity contribution is 0.0953. The Hall–Kier alpha value is -0.350. The van der Waals surface area contributed by atoms with Crippen molar-refractivity contribution >= 4 is 33.2 Å². The fourth-order valence-corrected chi connectivity index (χ4v) is 1.98. The number of hydrogen-bond acceptors (Lipinski definition) is 2. The van der Waals surface area contributed by atoms with Crippen LogP contribution in [0.5, 0.6) is 0 Å². The molecule has 0 spiro atoms. The van der Waals surface area contributed by atoms with E-state index in [4.69, 9.17) is 0 Å². The minimum atomic E-state index is 0.0379. The van der Waals surface area contributed by atoms with E-state index in [0.29, 0.717) is 5.92 Å². The minimum absolute atomic E-state index is 0.0379. The number of aryl methyl sites for hydroxylation is 1. The van der Waals surface area contributed by atoms with Crippen molar-refractivity contribution in [3.05, 3.63) is 21.9 Å². The third kappa shape index (κ3) is 3.42. The summed E-state index contributed by atoms with van der Waals surface area (Å²) >= 11 is 4.91. The van der Waals surface area contributed by atoms with Crippen LogP contribution in [0, 0.1) is 12.8 Å². The molecule has 0 aromatic carbocycles. The van der Waals surface area contributed by atoms with Gasteiger partial charge in [-0.15, -0.1) is 11.3 Å². The summed E-state index contributed by atoms with van der Waals surface area (Å²) < 4.78 is 0. The van der Waals surface area contributed by atoms with Gasteiger partial charge in [0.2, 0.25) is 0 Å². The van der Waals surface area contributed by atoms with Crippen molar-refractivity contribution in [2.24, 2.45) is 5.92 Å². The van der Waals surface area contributed by atoms with Gasteiger partial charge in [-0.25, -0.2) is 0 Å². The molecule has 1 N–H and O–H groups in total. The van der Waals surface area contributed by atoms with Gasteiger partial charge in [-0.2, -0.15) is 0 Å². The molecular weight excluding hydrogens is 262 g/mol. The van der Waals surface area contributed by atoms with E-state index in [0.717, 1.165) is 16.8 Å². The molecule has 1 unspecified atom stereocenters. The molecule has 0 radical (unpaired) electrons. The molecule has 2 nitrogen and oxygen atoms in total. The highest BCUT2D eigenvalue weighted by Gasteiger charge is 2.08. The highest BCUT2D eigenvalue weighted by atomic mass is 79.9. The molecule has 0 aliphatic carbocycles. The first-order chi connectivity index (χ1) is 6.63. The Bertz CT molecular complexity index is 311. The summed E-state index contributed by atoms with van der Waals surface area (Å²) in [4.78, 5) is 13.5. The first-order valence-electron chi connectivity index (χ1n) is 4.54. The standard InChI is InChI=1S/C10H14BrNOS/c1-7(5-11)6-12-10(13)9-4-3-8(2)14-9/h3-4,7H,5-6H2,1-2H3,(H,12,13). The molecule has 0 bridgehead atoms. The van der Waals surface area contributed by atoms with Crippen molar-refractivity contribution in [1.29, 1.82) is 0 Å². The Kier molecular flexibility index (Phi) is 4.62. The monoisotopic (exact) mass is 275 g/mol. The number of hydrogen-bond donors (Lipinski definition) is 1. The first kappa shape index (κ1) is 11.7. The second-order valence-electron chi connectivity index (χ2n) is 3.38. The Morgan fingerprint density at radius 3 is 2.86 bits per heavy atom. The molecule has 78 valence electrons. The van der Waals surface area contributed by atoms with Crippen LogP contribution >= 0.6 is 27.3 Å². The van der Waals surface area contributed by atoms with Gasteiger partial charge < -0.3 is 5.32 Å². The number of alkyl halides is 1. The first-order valence-corrected chi connectivity index (χ1v) is 6.48. The van der Waals surface area contributed by atoms with Gasteiger partial charge in [0.05, 0.1) is 4.88 Å². The Balaban J connectivity index is 2.43. The zero-order valence-electron chi connectivity index (χ0n) is 8.34. The van der Waals surface area contributed by atoms with Gasteiger partial charge in [0, 0.05) is 16.8 Å². The van der Waals surface area contributed by atoms with E-state index in [1.165, 1.54) is 16.2 Å². The van der Waals surface area contributed by atoms with E-state index in [1.54, 1.807) is 0 Å². The molecular formula is C10H14BrNOS. The van der Waals surface area contributed by atoms with Crippen LogP contribution in [0.1, 0.15) is 21.5 Å². The average molecular weight is 276 g/mol. The van der Waals surface area contributed by atoms with Crippen molar-refractivity contribution in [1.82, 2.24) is 5.32 Å². The maximum absolute atomic E-state index is 11.6. The number of carbonyl (C=O) groups excluding carboxylic acids is 1. The molecule has 1 aromatic rings. The lowest BCUT2D eigenvalue weighted by Crippen LogP contribution is -2.28. The topological polar surface area (TPSA) is 29.1 Å². The number of rotatable bonds is 4. The molecule has 1 aromatic heterocycles. The van der Waals surface area contributed by atoms with E-state index < -0.39 is 0 Å². The second-order valence-corrected chi connectivity index (χ2v) is 5.32. The molecule has 4 heteroatoms. The molecule has 14 heavy (non-hydrogen) atoms. The largest absolute Gasteiger partial charge is 0.351 e. The molecule has 1 amide bonds. The number of halogens is 1. The molecule has 0 saturated carbocycles. The molecule has 0 aliphatic rings. The fraction of sp³-hybridized carbons (Fsp3) is 0.500. The van der Waals surface area contributed by atoms with Gasteiger partial charge in [0.25, 0.3) is 5.91 Å². The highest BCUT2D eigenvalue weighted by Crippen LogP contribution is 2.14. The minimum Gasteiger partial charge on any atom is -0.351 e. The summed E-state index contributed by atoms with van der Waals surface area (Å²) in [6, 6.07) is 3.83. The Labute approximate surface area is 96.8 Å². The number of thiophene rings is 1. The van der Waals surface area contributed by atoms with Crippen LogP contribution in [0.25, 0.3) is 0 Å². The maximum atomic E-state index is 11.6. The SMILES string of the molecule is Cc1ccc(C(=O)NCC(C)CBr)s1. The lowest BCUT2D eigenvalue weighted by Gasteiger charge is -2.07. The van der Waals surface area contributed by atoms with Gasteiger partial charge in [-0.1, -0.05) is 22.9 Å². The van der Waals surface area contributed by atoms with Crippen LogP contribution in [0.3, 0.4) is 0 Å². The van der Waals surface area contributed by atoms with Crippen LogP contribution < -0.4 is 5.32 Å². The zero-order valence-corrected chi connectivity index (χ0v) is 10.7. The van der Waals surface area contributed by atoms with Crippen molar-refractivity contribution in [2.45, 2.75) is 13.8 Å². The predicted molar refractivity (Wildman–Crippen MR) is 64.3 cm³/mol. The predicted octanol–water partition coefficient (Wildman–Crippen LogP) is 2.82. The number of amides is 1. The van der Waals surface area contributed by atoms with Crippen LogP contribution in [-0.4, -0.2) is 17.8 Å². The third-order valence-corrected chi connectivity index (χ3v) is 3.94. The van der Waals surface area contributed by atoms with E-state index in [2.05, 4.69) is 28.2 Å². The third-order valence-electron chi connectivity index (χ3n) is 1.84. The average Bonchev–Trinajstić information content (AvgIpc) is 2.60. The smallest absolute Gasteiger partial charge is 0.261 e. The number of nitrogens with one attached hydrogen (secondary N) is 1. The Morgan fingerprint density at radius 2 is 2.36 bits per heavy atom. The van der Waals surface area contributed by atoms with E-state index in [1.807, 2.05) is 19.1 Å². The van der Waals surface area contributed by atoms with Crippen molar-refractivity contribution in [2.75, 3.05) is 11.9 Å². The van der Waals surface area contributed by atoms with E-state index in [9.17, 15) is 4.79 Å². The molecule has 1 heterocycles. The summed E-state index contributed by atoms with van der Waals surface area (Å²) in [6.07, 6.45) is 0. The van der Waals surface area contributed by atoms with Crippen LogP contribution in [-0.2, 0) is 0 Å². The van der Waals surface area contributed by atoms with E-state index >= 15 is 0 Å². The molecule has 1 rings (SSSR count). The molecule has 0 saturated heterocycles. The van der Waals surface area contributed by atoms with Crippen LogP contribution in [0.4, 0.5) is 0 Å². The second kappa shape index (κ2) is 5.51. The molecule has 0 aliphatic heterocycles. The summed E-state index contributed by atoms with van der Waals surface area (Å²) in [6.45, 7) is 4.82. The summed E-state index contributed by atoms with van der Waals surface area (Å²) in [5.74, 6) is 0.510. The van der Waals surface area contributed by atoms with Crippen LogP contribution in [0.15, 0.2) is 12.1 Å². The van der Waals surface area contributed by atoms with Gasteiger partial charge in [0.15, 0.2) is 0 Å². The van der Waals surface area contributed by atoms with Crippen molar-refractivity contribution in [3.8, 4) is 0 Å². The van der Waals surface area contributed by atoms with Crippen molar-refractivity contribution < 1.29 is 4.79 Å². The highest BCUT2D eigenvalue weighted by molar-refractivity contribution is 9.09. The lowest BCUT2D eigenvalue weighted by atomic mass is 10.2. The van der Waals surface area contributed by atoms with Gasteiger partial charge >= 0.3 is 0 Å². The summed E-state index contributed by atoms with van der Waals surface area (Å²) in [7, 11) is 0. The summed E-state index contributed by atoms with van der Waals surface area (Å²) in [5.41, 5.74) is 0. The van der Waals surface area contributed by atoms with Gasteiger partial charge in [0.1, 0.15) is 0 Å². The molecule has 0 fully saturated rings. The van der Waals surface area contributed by atoms with E-state index in [-0.39, 0.29) is 5.91 Å². The quantitative estimate of drug-likeness (QED) is 0.842.